The van der Waals surface area contributed by atoms with Gasteiger partial charge in [0.05, 0.1) is 0 Å². The van der Waals surface area contributed by atoms with Crippen molar-refractivity contribution in [2.24, 2.45) is 0 Å². The lowest BCUT2D eigenvalue weighted by molar-refractivity contribution is 0.0392. The molecule has 1 aliphatic rings. The van der Waals surface area contributed by atoms with Crippen LogP contribution in [0.15, 0.2) is 24.3 Å². The zero-order valence-electron chi connectivity index (χ0n) is 13.3. The molecule has 21 heavy (non-hydrogen) atoms. The maximum Gasteiger partial charge on any atom is 0.119 e. The summed E-state index contributed by atoms with van der Waals surface area (Å²) >= 11 is 0. The number of benzene rings is 1. The van der Waals surface area contributed by atoms with Crippen LogP contribution in [0.2, 0.25) is 0 Å². The van der Waals surface area contributed by atoms with Gasteiger partial charge in [0.15, 0.2) is 0 Å². The van der Waals surface area contributed by atoms with Crippen LogP contribution in [0.4, 0.5) is 0 Å². The fraction of sp³-hybridized carbons (Fsp3) is 0.647. The predicted molar refractivity (Wildman–Crippen MR) is 85.8 cm³/mol. The van der Waals surface area contributed by atoms with Crippen LogP contribution in [-0.4, -0.2) is 50.9 Å². The largest absolute Gasteiger partial charge is 0.492 e. The molecule has 0 bridgehead atoms. The SMILES string of the molecule is CCNCc1cccc(OCCN(C)C2CCOCC2)c1. The summed E-state index contributed by atoms with van der Waals surface area (Å²) < 4.78 is 11.3. The first-order valence-corrected chi connectivity index (χ1v) is 8.00. The number of rotatable bonds is 8. The molecule has 0 aliphatic carbocycles. The Morgan fingerprint density at radius 1 is 1.33 bits per heavy atom. The van der Waals surface area contributed by atoms with Gasteiger partial charge in [0.1, 0.15) is 12.4 Å². The topological polar surface area (TPSA) is 33.7 Å². The zero-order chi connectivity index (χ0) is 14.9. The molecule has 0 saturated carbocycles. The highest BCUT2D eigenvalue weighted by atomic mass is 16.5. The molecule has 1 N–H and O–H groups in total. The summed E-state index contributed by atoms with van der Waals surface area (Å²) in [5.74, 6) is 0.964. The van der Waals surface area contributed by atoms with Crippen molar-refractivity contribution in [1.82, 2.24) is 10.2 Å². The molecule has 2 rings (SSSR count). The normalized spacial score (nSPS) is 16.3. The number of hydrogen-bond donors (Lipinski definition) is 1. The number of likely N-dealkylation sites (N-methyl/N-ethyl adjacent to an activating group) is 1. The molecule has 0 radical (unpaired) electrons. The first-order chi connectivity index (χ1) is 10.3. The molecule has 1 aromatic rings. The van der Waals surface area contributed by atoms with Gasteiger partial charge in [-0.05, 0) is 44.1 Å². The smallest absolute Gasteiger partial charge is 0.119 e. The van der Waals surface area contributed by atoms with E-state index in [1.54, 1.807) is 0 Å². The Morgan fingerprint density at radius 3 is 2.90 bits per heavy atom. The zero-order valence-corrected chi connectivity index (χ0v) is 13.3. The lowest BCUT2D eigenvalue weighted by Crippen LogP contribution is -2.38. The molecule has 4 heteroatoms. The van der Waals surface area contributed by atoms with Crippen LogP contribution >= 0.6 is 0 Å². The fourth-order valence-electron chi connectivity index (χ4n) is 2.63. The van der Waals surface area contributed by atoms with Crippen LogP contribution in [0, 0.1) is 0 Å². The van der Waals surface area contributed by atoms with Crippen LogP contribution < -0.4 is 10.1 Å². The average Bonchev–Trinajstić information content (AvgIpc) is 2.54. The molecule has 1 heterocycles. The molecule has 0 unspecified atom stereocenters. The average molecular weight is 292 g/mol. The van der Waals surface area contributed by atoms with Crippen molar-refractivity contribution in [3.63, 3.8) is 0 Å². The molecular weight excluding hydrogens is 264 g/mol. The Labute approximate surface area is 128 Å². The van der Waals surface area contributed by atoms with Gasteiger partial charge in [-0.1, -0.05) is 19.1 Å². The van der Waals surface area contributed by atoms with Gasteiger partial charge in [0.2, 0.25) is 0 Å². The lowest BCUT2D eigenvalue weighted by atomic mass is 10.1. The molecule has 0 atom stereocenters. The van der Waals surface area contributed by atoms with Crippen LogP contribution in [0.5, 0.6) is 5.75 Å². The van der Waals surface area contributed by atoms with Crippen molar-refractivity contribution >= 4 is 0 Å². The molecule has 1 saturated heterocycles. The number of nitrogens with zero attached hydrogens (tertiary/aromatic N) is 1. The van der Waals surface area contributed by atoms with E-state index in [0.29, 0.717) is 6.04 Å². The highest BCUT2D eigenvalue weighted by molar-refractivity contribution is 5.28. The molecule has 0 aromatic heterocycles. The number of hydrogen-bond acceptors (Lipinski definition) is 4. The van der Waals surface area contributed by atoms with Gasteiger partial charge >= 0.3 is 0 Å². The van der Waals surface area contributed by atoms with Crippen molar-refractivity contribution in [3.8, 4) is 5.75 Å². The van der Waals surface area contributed by atoms with Gasteiger partial charge < -0.3 is 14.8 Å². The summed E-state index contributed by atoms with van der Waals surface area (Å²) in [5.41, 5.74) is 1.27. The monoisotopic (exact) mass is 292 g/mol. The van der Waals surface area contributed by atoms with Crippen LogP contribution in [0.3, 0.4) is 0 Å². The molecule has 1 fully saturated rings. The Kier molecular flexibility index (Phi) is 7.00. The van der Waals surface area contributed by atoms with Crippen molar-refractivity contribution in [2.75, 3.05) is 40.0 Å². The second-order valence-corrected chi connectivity index (χ2v) is 5.60. The quantitative estimate of drug-likeness (QED) is 0.797. The van der Waals surface area contributed by atoms with E-state index in [2.05, 4.69) is 42.4 Å². The molecule has 0 spiro atoms. The van der Waals surface area contributed by atoms with E-state index < -0.39 is 0 Å². The van der Waals surface area contributed by atoms with Gasteiger partial charge in [-0.3, -0.25) is 4.90 Å². The summed E-state index contributed by atoms with van der Waals surface area (Å²) in [6, 6.07) is 8.98. The first-order valence-electron chi connectivity index (χ1n) is 8.00. The van der Waals surface area contributed by atoms with Crippen molar-refractivity contribution < 1.29 is 9.47 Å². The molecule has 1 aliphatic heterocycles. The maximum atomic E-state index is 5.89. The Balaban J connectivity index is 1.72. The van der Waals surface area contributed by atoms with E-state index in [4.69, 9.17) is 9.47 Å². The minimum atomic E-state index is 0.641. The van der Waals surface area contributed by atoms with Gasteiger partial charge in [0, 0.05) is 32.3 Å². The van der Waals surface area contributed by atoms with Crippen LogP contribution in [0.1, 0.15) is 25.3 Å². The third-order valence-corrected chi connectivity index (χ3v) is 4.00. The minimum Gasteiger partial charge on any atom is -0.492 e. The lowest BCUT2D eigenvalue weighted by Gasteiger charge is -2.31. The molecular formula is C17H28N2O2. The van der Waals surface area contributed by atoms with Crippen LogP contribution in [-0.2, 0) is 11.3 Å². The standard InChI is InChI=1S/C17H28N2O2/c1-3-18-14-15-5-4-6-17(13-15)21-12-9-19(2)16-7-10-20-11-8-16/h4-6,13,16,18H,3,7-12,14H2,1-2H3. The molecule has 118 valence electrons. The van der Waals surface area contributed by atoms with Gasteiger partial charge in [-0.2, -0.15) is 0 Å². The summed E-state index contributed by atoms with van der Waals surface area (Å²) in [6.07, 6.45) is 2.27. The first kappa shape index (κ1) is 16.3. The van der Waals surface area contributed by atoms with Crippen molar-refractivity contribution in [2.45, 2.75) is 32.4 Å². The number of ether oxygens (including phenoxy) is 2. The van der Waals surface area contributed by atoms with E-state index in [0.717, 1.165) is 58.0 Å². The summed E-state index contributed by atoms with van der Waals surface area (Å²) in [4.78, 5) is 2.39. The molecule has 4 nitrogen and oxygen atoms in total. The predicted octanol–water partition coefficient (Wildman–Crippen LogP) is 2.29. The summed E-state index contributed by atoms with van der Waals surface area (Å²) in [6.45, 7) is 7.48. The highest BCUT2D eigenvalue weighted by Gasteiger charge is 2.17. The third-order valence-electron chi connectivity index (χ3n) is 4.00. The highest BCUT2D eigenvalue weighted by Crippen LogP contribution is 2.15. The number of nitrogens with one attached hydrogen (secondary N) is 1. The Hall–Kier alpha value is -1.10. The second-order valence-electron chi connectivity index (χ2n) is 5.60. The van der Waals surface area contributed by atoms with E-state index in [1.807, 2.05) is 6.07 Å². The van der Waals surface area contributed by atoms with Crippen LogP contribution in [0.25, 0.3) is 0 Å². The van der Waals surface area contributed by atoms with E-state index in [1.165, 1.54) is 5.56 Å². The van der Waals surface area contributed by atoms with Crippen molar-refractivity contribution in [1.29, 1.82) is 0 Å². The van der Waals surface area contributed by atoms with E-state index in [9.17, 15) is 0 Å². The molecule has 0 amide bonds. The van der Waals surface area contributed by atoms with E-state index >= 15 is 0 Å². The van der Waals surface area contributed by atoms with Crippen molar-refractivity contribution in [3.05, 3.63) is 29.8 Å². The summed E-state index contributed by atoms with van der Waals surface area (Å²) in [5, 5.41) is 3.33. The van der Waals surface area contributed by atoms with Gasteiger partial charge in [-0.25, -0.2) is 0 Å². The fourth-order valence-corrected chi connectivity index (χ4v) is 2.63. The van der Waals surface area contributed by atoms with Gasteiger partial charge in [-0.15, -0.1) is 0 Å². The third kappa shape index (κ3) is 5.65. The Morgan fingerprint density at radius 2 is 2.14 bits per heavy atom. The minimum absolute atomic E-state index is 0.641. The van der Waals surface area contributed by atoms with E-state index in [-0.39, 0.29) is 0 Å². The Bertz CT molecular complexity index is 406. The maximum absolute atomic E-state index is 5.89. The summed E-state index contributed by atoms with van der Waals surface area (Å²) in [7, 11) is 2.18. The molecule has 1 aromatic carbocycles. The second kappa shape index (κ2) is 9.03. The van der Waals surface area contributed by atoms with Gasteiger partial charge in [0.25, 0.3) is 0 Å².